The third-order valence-corrected chi connectivity index (χ3v) is 9.53. The number of sulfone groups is 1. The Balaban J connectivity index is 1.66. The zero-order valence-corrected chi connectivity index (χ0v) is 15.0. The van der Waals surface area contributed by atoms with Crippen LogP contribution in [0.2, 0.25) is 0 Å². The Hall–Kier alpha value is -1.53. The van der Waals surface area contributed by atoms with Crippen molar-refractivity contribution in [3.8, 4) is 5.75 Å². The number of aliphatic imine (C=N–C) groups is 1. The highest BCUT2D eigenvalue weighted by Crippen LogP contribution is 2.59. The van der Waals surface area contributed by atoms with Crippen molar-refractivity contribution in [2.24, 2.45) is 10.9 Å². The normalized spacial score (nSPS) is 31.3. The average molecular weight is 361 g/mol. The van der Waals surface area contributed by atoms with E-state index in [1.807, 2.05) is 18.4 Å². The second-order valence-corrected chi connectivity index (χ2v) is 10.3. The van der Waals surface area contributed by atoms with Crippen LogP contribution >= 0.6 is 11.8 Å². The SMILES string of the molecule is COc1ccc(S(=O)(=O)C2CC3CC=NC4=CC=CCC43S2)cc1. The van der Waals surface area contributed by atoms with Gasteiger partial charge in [0.1, 0.15) is 10.3 Å². The molecular weight excluding hydrogens is 342 g/mol. The Labute approximate surface area is 146 Å². The van der Waals surface area contributed by atoms with Crippen molar-refractivity contribution in [1.29, 1.82) is 0 Å². The minimum absolute atomic E-state index is 0.173. The molecule has 1 fully saturated rings. The zero-order valence-electron chi connectivity index (χ0n) is 13.4. The van der Waals surface area contributed by atoms with Crippen LogP contribution in [0.4, 0.5) is 0 Å². The summed E-state index contributed by atoms with van der Waals surface area (Å²) >= 11 is 1.59. The van der Waals surface area contributed by atoms with Gasteiger partial charge in [0, 0.05) is 6.21 Å². The smallest absolute Gasteiger partial charge is 0.190 e. The number of benzene rings is 1. The van der Waals surface area contributed by atoms with Crippen LogP contribution in [0.5, 0.6) is 5.75 Å². The van der Waals surface area contributed by atoms with Gasteiger partial charge in [-0.05, 0) is 55.5 Å². The lowest BCUT2D eigenvalue weighted by Gasteiger charge is -2.37. The van der Waals surface area contributed by atoms with E-state index in [4.69, 9.17) is 4.74 Å². The van der Waals surface area contributed by atoms with Gasteiger partial charge in [-0.2, -0.15) is 0 Å². The molecule has 3 aliphatic rings. The quantitative estimate of drug-likeness (QED) is 0.825. The van der Waals surface area contributed by atoms with Gasteiger partial charge in [-0.3, -0.25) is 4.99 Å². The molecule has 3 unspecified atom stereocenters. The minimum atomic E-state index is -3.38. The van der Waals surface area contributed by atoms with Crippen molar-refractivity contribution in [3.05, 3.63) is 48.2 Å². The maximum atomic E-state index is 13.1. The number of hydrogen-bond acceptors (Lipinski definition) is 5. The maximum Gasteiger partial charge on any atom is 0.190 e. The molecule has 3 atom stereocenters. The molecule has 1 aromatic rings. The molecule has 4 nitrogen and oxygen atoms in total. The van der Waals surface area contributed by atoms with Gasteiger partial charge in [-0.1, -0.05) is 12.2 Å². The van der Waals surface area contributed by atoms with Gasteiger partial charge in [-0.15, -0.1) is 11.8 Å². The van der Waals surface area contributed by atoms with Crippen molar-refractivity contribution in [3.63, 3.8) is 0 Å². The van der Waals surface area contributed by atoms with Gasteiger partial charge in [-0.25, -0.2) is 8.42 Å². The molecule has 1 aromatic carbocycles. The predicted octanol–water partition coefficient (Wildman–Crippen LogP) is 3.61. The van der Waals surface area contributed by atoms with Crippen LogP contribution in [0, 0.1) is 5.92 Å². The largest absolute Gasteiger partial charge is 0.497 e. The lowest BCUT2D eigenvalue weighted by atomic mass is 9.79. The van der Waals surface area contributed by atoms with E-state index in [1.54, 1.807) is 43.1 Å². The van der Waals surface area contributed by atoms with E-state index in [1.165, 1.54) is 0 Å². The molecule has 0 N–H and O–H groups in total. The first-order valence-electron chi connectivity index (χ1n) is 8.02. The predicted molar refractivity (Wildman–Crippen MR) is 97.3 cm³/mol. The first-order valence-corrected chi connectivity index (χ1v) is 10.4. The Morgan fingerprint density at radius 3 is 2.83 bits per heavy atom. The Morgan fingerprint density at radius 1 is 1.29 bits per heavy atom. The molecule has 6 heteroatoms. The van der Waals surface area contributed by atoms with Gasteiger partial charge in [0.2, 0.25) is 0 Å². The molecule has 24 heavy (non-hydrogen) atoms. The molecule has 1 spiro atoms. The van der Waals surface area contributed by atoms with Gasteiger partial charge in [0.15, 0.2) is 9.84 Å². The monoisotopic (exact) mass is 361 g/mol. The highest BCUT2D eigenvalue weighted by atomic mass is 32.3. The lowest BCUT2D eigenvalue weighted by molar-refractivity contribution is 0.414. The molecule has 1 aliphatic carbocycles. The minimum Gasteiger partial charge on any atom is -0.497 e. The molecule has 2 heterocycles. The molecule has 0 aromatic heterocycles. The van der Waals surface area contributed by atoms with Gasteiger partial charge >= 0.3 is 0 Å². The third kappa shape index (κ3) is 2.35. The molecule has 2 aliphatic heterocycles. The molecule has 126 valence electrons. The second kappa shape index (κ2) is 5.77. The van der Waals surface area contributed by atoms with Crippen LogP contribution in [0.25, 0.3) is 0 Å². The van der Waals surface area contributed by atoms with E-state index in [-0.39, 0.29) is 4.75 Å². The van der Waals surface area contributed by atoms with Crippen LogP contribution in [0.15, 0.2) is 58.1 Å². The topological polar surface area (TPSA) is 55.7 Å². The number of ether oxygens (including phenoxy) is 1. The van der Waals surface area contributed by atoms with Crippen molar-refractivity contribution >= 4 is 27.8 Å². The van der Waals surface area contributed by atoms with Crippen LogP contribution in [-0.2, 0) is 9.84 Å². The Bertz CT molecular complexity index is 840. The summed E-state index contributed by atoms with van der Waals surface area (Å²) in [5.41, 5.74) is 1.03. The molecule has 0 saturated carbocycles. The van der Waals surface area contributed by atoms with E-state index in [0.717, 1.165) is 18.5 Å². The van der Waals surface area contributed by atoms with E-state index in [2.05, 4.69) is 11.1 Å². The van der Waals surface area contributed by atoms with E-state index >= 15 is 0 Å². The van der Waals surface area contributed by atoms with Crippen LogP contribution in [0.3, 0.4) is 0 Å². The molecule has 4 rings (SSSR count). The van der Waals surface area contributed by atoms with Crippen LogP contribution < -0.4 is 4.74 Å². The number of hydrogen-bond donors (Lipinski definition) is 0. The van der Waals surface area contributed by atoms with Crippen LogP contribution in [-0.4, -0.2) is 31.1 Å². The molecular formula is C18H19NO3S2. The van der Waals surface area contributed by atoms with Crippen molar-refractivity contribution in [2.75, 3.05) is 7.11 Å². The van der Waals surface area contributed by atoms with E-state index < -0.39 is 14.4 Å². The maximum absolute atomic E-state index is 13.1. The van der Waals surface area contributed by atoms with Crippen molar-refractivity contribution in [2.45, 2.75) is 33.5 Å². The van der Waals surface area contributed by atoms with Crippen molar-refractivity contribution < 1.29 is 13.2 Å². The number of methoxy groups -OCH3 is 1. The highest BCUT2D eigenvalue weighted by Gasteiger charge is 2.54. The third-order valence-electron chi connectivity index (χ3n) is 5.08. The fourth-order valence-corrected chi connectivity index (χ4v) is 8.03. The summed E-state index contributed by atoms with van der Waals surface area (Å²) in [6.45, 7) is 0. The van der Waals surface area contributed by atoms with Gasteiger partial charge < -0.3 is 4.74 Å². The number of thioether (sulfide) groups is 1. The zero-order chi connectivity index (χ0) is 16.8. The summed E-state index contributed by atoms with van der Waals surface area (Å²) in [6.07, 6.45) is 10.5. The first-order chi connectivity index (χ1) is 11.6. The standard InChI is InChI=1S/C18H19NO3S2/c1-22-14-5-7-15(8-6-14)24(20,21)17-12-13-9-11-19-16-4-2-3-10-18(13,16)23-17/h2-8,11,13,17H,9-10,12H2,1H3. The summed E-state index contributed by atoms with van der Waals surface area (Å²) in [4.78, 5) is 4.92. The van der Waals surface area contributed by atoms with Crippen LogP contribution in [0.1, 0.15) is 19.3 Å². The average Bonchev–Trinajstić information content (AvgIpc) is 3.00. The number of rotatable bonds is 3. The highest BCUT2D eigenvalue weighted by molar-refractivity contribution is 8.14. The first kappa shape index (κ1) is 16.0. The van der Waals surface area contributed by atoms with Gasteiger partial charge in [0.05, 0.1) is 22.4 Å². The van der Waals surface area contributed by atoms with E-state index in [9.17, 15) is 8.42 Å². The van der Waals surface area contributed by atoms with Gasteiger partial charge in [0.25, 0.3) is 0 Å². The lowest BCUT2D eigenvalue weighted by Crippen LogP contribution is -2.35. The number of nitrogens with zero attached hydrogens (tertiary/aromatic N) is 1. The fraction of sp³-hybridized carbons (Fsp3) is 0.389. The molecule has 1 saturated heterocycles. The summed E-state index contributed by atoms with van der Waals surface area (Å²) in [5, 5.41) is 0. The second-order valence-electron chi connectivity index (χ2n) is 6.32. The Kier molecular flexibility index (Phi) is 3.84. The summed E-state index contributed by atoms with van der Waals surface area (Å²) in [6, 6.07) is 6.69. The molecule has 0 bridgehead atoms. The summed E-state index contributed by atoms with van der Waals surface area (Å²) < 4.78 is 30.7. The molecule has 0 radical (unpaired) electrons. The Morgan fingerprint density at radius 2 is 2.08 bits per heavy atom. The number of allylic oxidation sites excluding steroid dienone is 3. The summed E-state index contributed by atoms with van der Waals surface area (Å²) in [7, 11) is -1.80. The molecule has 0 amide bonds. The fourth-order valence-electron chi connectivity index (χ4n) is 3.76. The van der Waals surface area contributed by atoms with Crippen molar-refractivity contribution in [1.82, 2.24) is 0 Å². The summed E-state index contributed by atoms with van der Waals surface area (Å²) in [5.74, 6) is 0.991. The van der Waals surface area contributed by atoms with E-state index in [0.29, 0.717) is 23.0 Å².